The average molecular weight is 252 g/mol. The van der Waals surface area contributed by atoms with Gasteiger partial charge in [-0.15, -0.1) is 0 Å². The van der Waals surface area contributed by atoms with E-state index in [-0.39, 0.29) is 11.8 Å². The number of ketones is 2. The summed E-state index contributed by atoms with van der Waals surface area (Å²) >= 11 is 0. The van der Waals surface area contributed by atoms with Crippen molar-refractivity contribution in [2.24, 2.45) is 71.0 Å². The van der Waals surface area contributed by atoms with Gasteiger partial charge in [0.05, 0.1) is 0 Å². The lowest BCUT2D eigenvalue weighted by Gasteiger charge is -2.23. The average Bonchev–Trinajstić information content (AvgIpc) is 3.10. The lowest BCUT2D eigenvalue weighted by Crippen LogP contribution is -2.29. The molecule has 7 rings (SSSR count). The Morgan fingerprint density at radius 2 is 1.21 bits per heavy atom. The van der Waals surface area contributed by atoms with Crippen LogP contribution in [0.4, 0.5) is 0 Å². The summed E-state index contributed by atoms with van der Waals surface area (Å²) in [6.07, 6.45) is 5.61. The van der Waals surface area contributed by atoms with Crippen LogP contribution in [0.1, 0.15) is 6.42 Å². The van der Waals surface area contributed by atoms with Gasteiger partial charge in [-0.2, -0.15) is 0 Å². The zero-order valence-electron chi connectivity index (χ0n) is 10.6. The summed E-state index contributed by atoms with van der Waals surface area (Å²) in [6, 6.07) is 0. The first-order valence-electron chi connectivity index (χ1n) is 8.05. The number of allylic oxidation sites excluding steroid dienone is 2. The van der Waals surface area contributed by atoms with Crippen molar-refractivity contribution in [2.75, 3.05) is 0 Å². The van der Waals surface area contributed by atoms with Gasteiger partial charge in [0, 0.05) is 23.7 Å². The van der Waals surface area contributed by atoms with Gasteiger partial charge in [0.15, 0.2) is 0 Å². The first-order chi connectivity index (χ1) is 9.29. The predicted molar refractivity (Wildman–Crippen MR) is 65.7 cm³/mol. The molecule has 0 aliphatic heterocycles. The molecular weight excluding hydrogens is 236 g/mol. The van der Waals surface area contributed by atoms with Crippen molar-refractivity contribution in [3.05, 3.63) is 12.2 Å². The summed E-state index contributed by atoms with van der Waals surface area (Å²) in [6.45, 7) is 0. The van der Waals surface area contributed by atoms with Gasteiger partial charge >= 0.3 is 0 Å². The number of Topliss-reactive ketones (excluding diaryl/α,β-unsaturated/α-hetero) is 2. The largest absolute Gasteiger partial charge is 0.299 e. The molecule has 0 amide bonds. The van der Waals surface area contributed by atoms with Crippen molar-refractivity contribution in [3.63, 3.8) is 0 Å². The van der Waals surface area contributed by atoms with Crippen molar-refractivity contribution < 1.29 is 9.59 Å². The van der Waals surface area contributed by atoms with Crippen molar-refractivity contribution >= 4 is 11.6 Å². The van der Waals surface area contributed by atoms with Gasteiger partial charge < -0.3 is 0 Å². The third kappa shape index (κ3) is 0.606. The van der Waals surface area contributed by atoms with Gasteiger partial charge in [0.25, 0.3) is 0 Å². The second-order valence-corrected chi connectivity index (χ2v) is 8.31. The minimum absolute atomic E-state index is 0.286. The monoisotopic (exact) mass is 252 g/mol. The molecule has 2 heteroatoms. The summed E-state index contributed by atoms with van der Waals surface area (Å²) in [5, 5.41) is 0. The van der Waals surface area contributed by atoms with Crippen molar-refractivity contribution in [2.45, 2.75) is 6.42 Å². The van der Waals surface area contributed by atoms with E-state index in [9.17, 15) is 9.59 Å². The first-order valence-corrected chi connectivity index (χ1v) is 8.05. The fourth-order valence-electron chi connectivity index (χ4n) is 8.79. The first kappa shape index (κ1) is 9.10. The highest BCUT2D eigenvalue weighted by Gasteiger charge is 2.82. The Morgan fingerprint density at radius 1 is 0.684 bits per heavy atom. The zero-order valence-corrected chi connectivity index (χ0v) is 10.6. The molecule has 6 saturated carbocycles. The predicted octanol–water partition coefficient (Wildman–Crippen LogP) is 1.56. The van der Waals surface area contributed by atoms with E-state index in [2.05, 4.69) is 12.2 Å². The third-order valence-electron chi connectivity index (χ3n) is 8.59. The lowest BCUT2D eigenvalue weighted by atomic mass is 9.79. The maximum atomic E-state index is 12.8. The minimum Gasteiger partial charge on any atom is -0.299 e. The van der Waals surface area contributed by atoms with Gasteiger partial charge in [-0.05, 0) is 53.8 Å². The fourth-order valence-corrected chi connectivity index (χ4v) is 8.79. The highest BCUT2D eigenvalue weighted by Crippen LogP contribution is 2.82. The smallest absolute Gasteiger partial charge is 0.140 e. The SMILES string of the molecule is O=C1[C@@H]2[C@@H]3C4C5[C@H](C=C[C@@H]52)[C@@H]2C(=O)[C@@H]5C[C@@H]1[C@H]3[C@@H]5[C@H]42. The highest BCUT2D eigenvalue weighted by molar-refractivity contribution is 5.95. The molecule has 0 bridgehead atoms. The molecule has 2 nitrogen and oxygen atoms in total. The number of carbonyl (C=O) groups excluding carboxylic acids is 2. The van der Waals surface area contributed by atoms with Gasteiger partial charge in [-0.3, -0.25) is 9.59 Å². The van der Waals surface area contributed by atoms with Crippen LogP contribution in [-0.4, -0.2) is 11.6 Å². The van der Waals surface area contributed by atoms with Crippen LogP contribution in [0.5, 0.6) is 0 Å². The van der Waals surface area contributed by atoms with E-state index < -0.39 is 0 Å². The molecule has 0 aromatic heterocycles. The normalized spacial score (nSPS) is 75.2. The van der Waals surface area contributed by atoms with E-state index in [1.807, 2.05) is 0 Å². The molecule has 7 aliphatic carbocycles. The molecule has 12 atom stereocenters. The van der Waals surface area contributed by atoms with Crippen LogP contribution >= 0.6 is 0 Å². The van der Waals surface area contributed by atoms with Gasteiger partial charge in [-0.25, -0.2) is 0 Å². The molecule has 7 aliphatic rings. The molecule has 96 valence electrons. The Balaban J connectivity index is 1.61. The van der Waals surface area contributed by atoms with Crippen LogP contribution in [0.25, 0.3) is 0 Å². The lowest BCUT2D eigenvalue weighted by molar-refractivity contribution is -0.128. The van der Waals surface area contributed by atoms with Crippen LogP contribution in [0.3, 0.4) is 0 Å². The number of rotatable bonds is 0. The summed E-state index contributed by atoms with van der Waals surface area (Å²) in [7, 11) is 0. The standard InChI is InChI=1S/C17H16O2/c18-16-6-3-7-10-9(6)14-11(16)4-1-2-5-8(4)13(14)15(10)12(5)17(7)19/h1-2,4-15H,3H2/t4-,5-,6+,7+,8?,9-,10+,11-,12-,13?,14+,15-/m0/s1. The molecule has 0 aromatic carbocycles. The summed E-state index contributed by atoms with van der Waals surface area (Å²) in [5.74, 6) is 7.57. The van der Waals surface area contributed by atoms with E-state index in [1.54, 1.807) is 0 Å². The van der Waals surface area contributed by atoms with Crippen LogP contribution in [0.15, 0.2) is 12.2 Å². The number of carbonyl (C=O) groups is 2. The number of fused-ring (bicyclic) bond motifs is 2. The quantitative estimate of drug-likeness (QED) is 0.613. The summed E-state index contributed by atoms with van der Waals surface area (Å²) in [4.78, 5) is 25.6. The minimum atomic E-state index is 0.286. The molecule has 0 aromatic rings. The maximum Gasteiger partial charge on any atom is 0.140 e. The molecule has 0 N–H and O–H groups in total. The van der Waals surface area contributed by atoms with E-state index in [4.69, 9.17) is 0 Å². The number of hydrogen-bond acceptors (Lipinski definition) is 2. The fraction of sp³-hybridized carbons (Fsp3) is 0.765. The Kier molecular flexibility index (Phi) is 1.09. The van der Waals surface area contributed by atoms with E-state index in [1.165, 1.54) is 0 Å². The van der Waals surface area contributed by atoms with Crippen molar-refractivity contribution in [3.8, 4) is 0 Å². The Labute approximate surface area is 111 Å². The van der Waals surface area contributed by atoms with E-state index in [0.717, 1.165) is 12.3 Å². The van der Waals surface area contributed by atoms with Gasteiger partial charge in [-0.1, -0.05) is 12.2 Å². The third-order valence-corrected chi connectivity index (χ3v) is 8.59. The summed E-state index contributed by atoms with van der Waals surface area (Å²) < 4.78 is 0. The molecule has 0 heterocycles. The number of hydrogen-bond donors (Lipinski definition) is 0. The zero-order chi connectivity index (χ0) is 12.2. The molecule has 0 radical (unpaired) electrons. The highest BCUT2D eigenvalue weighted by atomic mass is 16.1. The Bertz CT molecular complexity index is 569. The molecule has 6 fully saturated rings. The second kappa shape index (κ2) is 2.27. The van der Waals surface area contributed by atoms with Gasteiger partial charge in [0.1, 0.15) is 11.6 Å². The molecule has 19 heavy (non-hydrogen) atoms. The Hall–Kier alpha value is -0.920. The molecule has 2 unspecified atom stereocenters. The topological polar surface area (TPSA) is 34.1 Å². The van der Waals surface area contributed by atoms with Crippen LogP contribution in [0, 0.1) is 71.0 Å². The molecule has 0 spiro atoms. The molecular formula is C17H16O2. The molecule has 0 saturated heterocycles. The van der Waals surface area contributed by atoms with Crippen LogP contribution in [-0.2, 0) is 9.59 Å². The maximum absolute atomic E-state index is 12.8. The van der Waals surface area contributed by atoms with Gasteiger partial charge in [0.2, 0.25) is 0 Å². The Morgan fingerprint density at radius 3 is 1.74 bits per heavy atom. The van der Waals surface area contributed by atoms with Crippen LogP contribution < -0.4 is 0 Å². The summed E-state index contributed by atoms with van der Waals surface area (Å²) in [5.41, 5.74) is 0. The van der Waals surface area contributed by atoms with E-state index in [0.29, 0.717) is 64.8 Å². The second-order valence-electron chi connectivity index (χ2n) is 8.31. The van der Waals surface area contributed by atoms with Crippen LogP contribution in [0.2, 0.25) is 0 Å². The van der Waals surface area contributed by atoms with E-state index >= 15 is 0 Å². The van der Waals surface area contributed by atoms with Crippen molar-refractivity contribution in [1.82, 2.24) is 0 Å². The van der Waals surface area contributed by atoms with Crippen molar-refractivity contribution in [1.29, 1.82) is 0 Å².